The van der Waals surface area contributed by atoms with Crippen molar-refractivity contribution in [2.45, 2.75) is 0 Å². The van der Waals surface area contributed by atoms with Gasteiger partial charge in [-0.15, -0.1) is 0 Å². The molecule has 0 saturated carbocycles. The summed E-state index contributed by atoms with van der Waals surface area (Å²) in [6.45, 7) is 3.16. The number of rotatable bonds is 2. The van der Waals surface area contributed by atoms with Gasteiger partial charge in [0.2, 0.25) is 0 Å². The molecule has 0 fully saturated rings. The molecule has 0 atom stereocenters. The Hall–Kier alpha value is -1.32. The molecule has 0 saturated heterocycles. The SMILES string of the molecule is C=CCOC(=O)C(=O)O. The molecule has 4 nitrogen and oxygen atoms in total. The zero-order valence-corrected chi connectivity index (χ0v) is 4.66. The fraction of sp³-hybridized carbons (Fsp3) is 0.200. The second-order valence-corrected chi connectivity index (χ2v) is 1.19. The Morgan fingerprint density at radius 1 is 1.67 bits per heavy atom. The van der Waals surface area contributed by atoms with E-state index in [1.807, 2.05) is 0 Å². The first-order valence-electron chi connectivity index (χ1n) is 2.19. The quantitative estimate of drug-likeness (QED) is 0.319. The summed E-state index contributed by atoms with van der Waals surface area (Å²) in [5, 5.41) is 7.90. The lowest BCUT2D eigenvalue weighted by Gasteiger charge is -1.93. The molecular formula is C5H6O4. The highest BCUT2D eigenvalue weighted by molar-refractivity contribution is 6.28. The van der Waals surface area contributed by atoms with Crippen LogP contribution in [0.4, 0.5) is 0 Å². The summed E-state index contributed by atoms with van der Waals surface area (Å²) in [5.41, 5.74) is 0. The summed E-state index contributed by atoms with van der Waals surface area (Å²) in [4.78, 5) is 19.7. The standard InChI is InChI=1S/C5H6O4/c1-2-3-9-5(8)4(6)7/h2H,1,3H2,(H,6,7). The fourth-order valence-electron chi connectivity index (χ4n) is 0.196. The Morgan fingerprint density at radius 3 is 2.56 bits per heavy atom. The van der Waals surface area contributed by atoms with Gasteiger partial charge in [0.05, 0.1) is 0 Å². The van der Waals surface area contributed by atoms with Crippen LogP contribution >= 0.6 is 0 Å². The van der Waals surface area contributed by atoms with Crippen LogP contribution in [0.1, 0.15) is 0 Å². The molecule has 0 amide bonds. The van der Waals surface area contributed by atoms with Gasteiger partial charge >= 0.3 is 11.9 Å². The maximum atomic E-state index is 10.0. The van der Waals surface area contributed by atoms with Crippen LogP contribution in [0, 0.1) is 0 Å². The largest absolute Gasteiger partial charge is 0.473 e. The van der Waals surface area contributed by atoms with E-state index in [-0.39, 0.29) is 6.61 Å². The first-order chi connectivity index (χ1) is 4.18. The molecule has 1 N–H and O–H groups in total. The van der Waals surface area contributed by atoms with Gasteiger partial charge in [0.15, 0.2) is 0 Å². The average Bonchev–Trinajstić information content (AvgIpc) is 1.82. The van der Waals surface area contributed by atoms with E-state index in [1.165, 1.54) is 6.08 Å². The van der Waals surface area contributed by atoms with Gasteiger partial charge in [0, 0.05) is 0 Å². The lowest BCUT2D eigenvalue weighted by atomic mass is 10.6. The van der Waals surface area contributed by atoms with Crippen molar-refractivity contribution in [2.75, 3.05) is 6.61 Å². The molecule has 9 heavy (non-hydrogen) atoms. The number of carboxylic acids is 1. The minimum atomic E-state index is -1.59. The van der Waals surface area contributed by atoms with Crippen LogP contribution in [0.15, 0.2) is 12.7 Å². The van der Waals surface area contributed by atoms with E-state index in [2.05, 4.69) is 11.3 Å². The predicted octanol–water partition coefficient (Wildman–Crippen LogP) is -0.200. The molecular weight excluding hydrogens is 124 g/mol. The molecule has 0 rings (SSSR count). The summed E-state index contributed by atoms with van der Waals surface area (Å²) < 4.78 is 4.10. The highest BCUT2D eigenvalue weighted by atomic mass is 16.6. The van der Waals surface area contributed by atoms with Gasteiger partial charge in [-0.05, 0) is 0 Å². The van der Waals surface area contributed by atoms with Gasteiger partial charge in [-0.3, -0.25) is 0 Å². The highest BCUT2D eigenvalue weighted by Crippen LogP contribution is 1.77. The van der Waals surface area contributed by atoms with Crippen molar-refractivity contribution in [1.29, 1.82) is 0 Å². The summed E-state index contributed by atoms with van der Waals surface area (Å²) in [7, 11) is 0. The molecule has 0 aliphatic heterocycles. The summed E-state index contributed by atoms with van der Waals surface area (Å²) >= 11 is 0. The summed E-state index contributed by atoms with van der Waals surface area (Å²) in [6.07, 6.45) is 1.29. The zero-order valence-electron chi connectivity index (χ0n) is 4.66. The Morgan fingerprint density at radius 2 is 2.22 bits per heavy atom. The molecule has 0 aliphatic rings. The average molecular weight is 130 g/mol. The molecule has 4 heteroatoms. The van der Waals surface area contributed by atoms with Crippen LogP contribution in [-0.2, 0) is 14.3 Å². The molecule has 0 unspecified atom stereocenters. The molecule has 0 aromatic heterocycles. The zero-order chi connectivity index (χ0) is 7.28. The van der Waals surface area contributed by atoms with Crippen molar-refractivity contribution in [2.24, 2.45) is 0 Å². The third-order valence-corrected chi connectivity index (χ3v) is 0.507. The third kappa shape index (κ3) is 3.28. The first-order valence-corrected chi connectivity index (χ1v) is 2.19. The number of aliphatic carboxylic acids is 1. The van der Waals surface area contributed by atoms with Gasteiger partial charge in [-0.2, -0.15) is 0 Å². The second-order valence-electron chi connectivity index (χ2n) is 1.19. The van der Waals surface area contributed by atoms with Gasteiger partial charge in [0.1, 0.15) is 6.61 Å². The normalized spacial score (nSPS) is 8.00. The Kier molecular flexibility index (Phi) is 3.12. The highest BCUT2D eigenvalue weighted by Gasteiger charge is 2.10. The number of carbonyl (C=O) groups excluding carboxylic acids is 1. The number of carbonyl (C=O) groups is 2. The molecule has 0 spiro atoms. The van der Waals surface area contributed by atoms with Crippen molar-refractivity contribution < 1.29 is 19.4 Å². The number of hydrogen-bond acceptors (Lipinski definition) is 3. The predicted molar refractivity (Wildman–Crippen MR) is 28.8 cm³/mol. The first kappa shape index (κ1) is 7.68. The van der Waals surface area contributed by atoms with Gasteiger partial charge in [-0.1, -0.05) is 12.7 Å². The molecule has 0 radical (unpaired) electrons. The van der Waals surface area contributed by atoms with Crippen LogP contribution < -0.4 is 0 Å². The Balaban J connectivity index is 3.51. The summed E-state index contributed by atoms with van der Waals surface area (Å²) in [6, 6.07) is 0. The van der Waals surface area contributed by atoms with Gasteiger partial charge < -0.3 is 9.84 Å². The van der Waals surface area contributed by atoms with Crippen molar-refractivity contribution in [1.82, 2.24) is 0 Å². The Bertz CT molecular complexity index is 138. The molecule has 0 aromatic carbocycles. The lowest BCUT2D eigenvalue weighted by molar-refractivity contribution is -0.163. The van der Waals surface area contributed by atoms with Gasteiger partial charge in [0.25, 0.3) is 0 Å². The molecule has 0 heterocycles. The molecule has 0 aromatic rings. The van der Waals surface area contributed by atoms with Crippen molar-refractivity contribution in [3.05, 3.63) is 12.7 Å². The van der Waals surface area contributed by atoms with E-state index in [0.29, 0.717) is 0 Å². The lowest BCUT2D eigenvalue weighted by Crippen LogP contribution is -2.15. The van der Waals surface area contributed by atoms with Gasteiger partial charge in [-0.25, -0.2) is 9.59 Å². The van der Waals surface area contributed by atoms with Crippen LogP contribution in [0.5, 0.6) is 0 Å². The Labute approximate surface area is 51.7 Å². The van der Waals surface area contributed by atoms with E-state index in [1.54, 1.807) is 0 Å². The minimum absolute atomic E-state index is 0.0644. The number of hydrogen-bond donors (Lipinski definition) is 1. The smallest absolute Gasteiger partial charge is 0.417 e. The van der Waals surface area contributed by atoms with Crippen molar-refractivity contribution in [3.8, 4) is 0 Å². The number of esters is 1. The maximum absolute atomic E-state index is 10.0. The molecule has 0 bridgehead atoms. The molecule has 0 aliphatic carbocycles. The van der Waals surface area contributed by atoms with Crippen LogP contribution in [-0.4, -0.2) is 23.7 Å². The summed E-state index contributed by atoms with van der Waals surface area (Å²) in [5.74, 6) is -2.84. The van der Waals surface area contributed by atoms with E-state index < -0.39 is 11.9 Å². The maximum Gasteiger partial charge on any atom is 0.417 e. The van der Waals surface area contributed by atoms with Crippen molar-refractivity contribution >= 4 is 11.9 Å². The van der Waals surface area contributed by atoms with Crippen LogP contribution in [0.3, 0.4) is 0 Å². The van der Waals surface area contributed by atoms with E-state index >= 15 is 0 Å². The molecule has 50 valence electrons. The topological polar surface area (TPSA) is 63.6 Å². The number of carboxylic acid groups (broad SMARTS) is 1. The van der Waals surface area contributed by atoms with Crippen LogP contribution in [0.25, 0.3) is 0 Å². The monoisotopic (exact) mass is 130 g/mol. The van der Waals surface area contributed by atoms with E-state index in [0.717, 1.165) is 0 Å². The number of ether oxygens (including phenoxy) is 1. The van der Waals surface area contributed by atoms with Crippen molar-refractivity contribution in [3.63, 3.8) is 0 Å². The minimum Gasteiger partial charge on any atom is -0.473 e. The third-order valence-electron chi connectivity index (χ3n) is 0.507. The van der Waals surface area contributed by atoms with Crippen LogP contribution in [0.2, 0.25) is 0 Å². The van der Waals surface area contributed by atoms with E-state index in [9.17, 15) is 9.59 Å². The second kappa shape index (κ2) is 3.65. The fourth-order valence-corrected chi connectivity index (χ4v) is 0.196. The van der Waals surface area contributed by atoms with E-state index in [4.69, 9.17) is 5.11 Å².